The number of carbonyl (C=O) groups excluding carboxylic acids is 2. The first-order valence-electron chi connectivity index (χ1n) is 8.28. The van der Waals surface area contributed by atoms with Gasteiger partial charge in [-0.15, -0.1) is 0 Å². The molecule has 1 N–H and O–H groups in total. The van der Waals surface area contributed by atoms with Crippen LogP contribution in [-0.2, 0) is 9.59 Å². The summed E-state index contributed by atoms with van der Waals surface area (Å²) in [5.41, 5.74) is 3.40. The molecule has 1 aliphatic rings. The summed E-state index contributed by atoms with van der Waals surface area (Å²) in [5, 5.41) is 2.70. The van der Waals surface area contributed by atoms with Gasteiger partial charge in [0.2, 0.25) is 5.91 Å². The largest absolute Gasteiger partial charge is 0.378 e. The summed E-state index contributed by atoms with van der Waals surface area (Å²) < 4.78 is 0.489. The van der Waals surface area contributed by atoms with Crippen molar-refractivity contribution in [1.29, 1.82) is 0 Å². The molecule has 7 heteroatoms. The van der Waals surface area contributed by atoms with Gasteiger partial charge in [0.25, 0.3) is 5.91 Å². The Kier molecular flexibility index (Phi) is 5.62. The van der Waals surface area contributed by atoms with E-state index in [1.54, 1.807) is 24.3 Å². The minimum Gasteiger partial charge on any atom is -0.378 e. The first kappa shape index (κ1) is 19.1. The van der Waals surface area contributed by atoms with Crippen LogP contribution in [0.1, 0.15) is 12.5 Å². The van der Waals surface area contributed by atoms with Gasteiger partial charge in [0, 0.05) is 32.4 Å². The summed E-state index contributed by atoms with van der Waals surface area (Å²) in [7, 11) is 3.97. The van der Waals surface area contributed by atoms with E-state index in [0.29, 0.717) is 20.6 Å². The van der Waals surface area contributed by atoms with Crippen LogP contribution < -0.4 is 15.1 Å². The van der Waals surface area contributed by atoms with Crippen molar-refractivity contribution in [3.63, 3.8) is 0 Å². The molecule has 2 aromatic rings. The second-order valence-electron chi connectivity index (χ2n) is 6.23. The minimum atomic E-state index is -0.144. The number of rotatable bonds is 4. The van der Waals surface area contributed by atoms with Crippen LogP contribution in [0.3, 0.4) is 0 Å². The molecule has 1 saturated heterocycles. The molecule has 0 aromatic heterocycles. The highest BCUT2D eigenvalue weighted by molar-refractivity contribution is 8.27. The summed E-state index contributed by atoms with van der Waals surface area (Å²) in [6.07, 6.45) is 1.85. The monoisotopic (exact) mass is 397 g/mol. The van der Waals surface area contributed by atoms with E-state index in [1.165, 1.54) is 23.6 Å². The fourth-order valence-electron chi connectivity index (χ4n) is 2.61. The molecule has 0 unspecified atom stereocenters. The van der Waals surface area contributed by atoms with Crippen molar-refractivity contribution >= 4 is 63.3 Å². The molecule has 0 atom stereocenters. The van der Waals surface area contributed by atoms with E-state index in [9.17, 15) is 9.59 Å². The van der Waals surface area contributed by atoms with Gasteiger partial charge in [0.05, 0.1) is 10.6 Å². The van der Waals surface area contributed by atoms with Crippen molar-refractivity contribution < 1.29 is 9.59 Å². The molecule has 0 radical (unpaired) electrons. The standard InChI is InChI=1S/C20H19N3O2S2/c1-13(24)21-15-6-10-17(11-7-15)23-19(25)18(27-20(23)26)12-14-4-8-16(9-5-14)22(2)3/h4-12H,1-3H3,(H,21,24)/b18-12+. The lowest BCUT2D eigenvalue weighted by Gasteiger charge is -2.15. The smallest absolute Gasteiger partial charge is 0.270 e. The summed E-state index contributed by atoms with van der Waals surface area (Å²) >= 11 is 6.69. The SMILES string of the molecule is CC(=O)Nc1ccc(N2C(=O)/C(=C\c3ccc(N(C)C)cc3)SC2=S)cc1. The Morgan fingerprint density at radius 1 is 1.11 bits per heavy atom. The van der Waals surface area contributed by atoms with Gasteiger partial charge in [0.1, 0.15) is 0 Å². The second kappa shape index (κ2) is 7.94. The minimum absolute atomic E-state index is 0.142. The van der Waals surface area contributed by atoms with Gasteiger partial charge in [-0.05, 0) is 48.0 Å². The number of anilines is 3. The molecule has 0 aliphatic carbocycles. The summed E-state index contributed by atoms with van der Waals surface area (Å²) in [6.45, 7) is 1.45. The molecule has 2 aromatic carbocycles. The number of thiocarbonyl (C=S) groups is 1. The Hall–Kier alpha value is -2.64. The molecule has 138 valence electrons. The molecule has 0 spiro atoms. The number of thioether (sulfide) groups is 1. The topological polar surface area (TPSA) is 52.7 Å². The van der Waals surface area contributed by atoms with Crippen LogP contribution in [0.2, 0.25) is 0 Å². The predicted octanol–water partition coefficient (Wildman–Crippen LogP) is 4.12. The maximum Gasteiger partial charge on any atom is 0.270 e. The van der Waals surface area contributed by atoms with Crippen LogP contribution >= 0.6 is 24.0 Å². The molecule has 0 bridgehead atoms. The van der Waals surface area contributed by atoms with Gasteiger partial charge < -0.3 is 10.2 Å². The fourth-order valence-corrected chi connectivity index (χ4v) is 3.91. The Balaban J connectivity index is 1.81. The highest BCUT2D eigenvalue weighted by atomic mass is 32.2. The van der Waals surface area contributed by atoms with E-state index >= 15 is 0 Å². The van der Waals surface area contributed by atoms with Crippen molar-refractivity contribution in [2.45, 2.75) is 6.92 Å². The van der Waals surface area contributed by atoms with E-state index in [1.807, 2.05) is 49.3 Å². The first-order valence-corrected chi connectivity index (χ1v) is 9.50. The number of nitrogens with one attached hydrogen (secondary N) is 1. The third kappa shape index (κ3) is 4.37. The number of benzene rings is 2. The van der Waals surface area contributed by atoms with Crippen molar-refractivity contribution in [3.8, 4) is 0 Å². The molecule has 0 saturated carbocycles. The van der Waals surface area contributed by atoms with E-state index in [-0.39, 0.29) is 11.8 Å². The number of carbonyl (C=O) groups is 2. The van der Waals surface area contributed by atoms with Crippen molar-refractivity contribution in [1.82, 2.24) is 0 Å². The maximum atomic E-state index is 12.8. The van der Waals surface area contributed by atoms with Gasteiger partial charge >= 0.3 is 0 Å². The highest BCUT2D eigenvalue weighted by Gasteiger charge is 2.33. The average molecular weight is 398 g/mol. The van der Waals surface area contributed by atoms with Gasteiger partial charge in [-0.1, -0.05) is 36.1 Å². The van der Waals surface area contributed by atoms with Crippen LogP contribution in [0.15, 0.2) is 53.4 Å². The molecule has 1 aliphatic heterocycles. The fraction of sp³-hybridized carbons (Fsp3) is 0.150. The van der Waals surface area contributed by atoms with Crippen LogP contribution in [-0.4, -0.2) is 30.2 Å². The van der Waals surface area contributed by atoms with E-state index in [0.717, 1.165) is 11.3 Å². The number of amides is 2. The zero-order chi connectivity index (χ0) is 19.6. The van der Waals surface area contributed by atoms with Crippen LogP contribution in [0.4, 0.5) is 17.1 Å². The van der Waals surface area contributed by atoms with Crippen molar-refractivity contribution in [2.24, 2.45) is 0 Å². The predicted molar refractivity (Wildman–Crippen MR) is 117 cm³/mol. The first-order chi connectivity index (χ1) is 12.8. The Bertz CT molecular complexity index is 919. The molecular formula is C20H19N3O2S2. The highest BCUT2D eigenvalue weighted by Crippen LogP contribution is 2.36. The Morgan fingerprint density at radius 3 is 2.30 bits per heavy atom. The normalized spacial score (nSPS) is 15.4. The quantitative estimate of drug-likeness (QED) is 0.621. The molecule has 3 rings (SSSR count). The van der Waals surface area contributed by atoms with Crippen LogP contribution in [0, 0.1) is 0 Å². The van der Waals surface area contributed by atoms with Crippen molar-refractivity contribution in [3.05, 3.63) is 59.0 Å². The van der Waals surface area contributed by atoms with Crippen LogP contribution in [0.25, 0.3) is 6.08 Å². The summed E-state index contributed by atoms with van der Waals surface area (Å²) in [5.74, 6) is -0.287. The molecule has 1 heterocycles. The average Bonchev–Trinajstić information content (AvgIpc) is 2.89. The van der Waals surface area contributed by atoms with E-state index in [2.05, 4.69) is 5.32 Å². The zero-order valence-electron chi connectivity index (χ0n) is 15.2. The van der Waals surface area contributed by atoms with E-state index < -0.39 is 0 Å². The summed E-state index contributed by atoms with van der Waals surface area (Å²) in [6, 6.07) is 15.0. The molecule has 2 amide bonds. The molecule has 5 nitrogen and oxygen atoms in total. The zero-order valence-corrected chi connectivity index (χ0v) is 16.9. The lowest BCUT2D eigenvalue weighted by Crippen LogP contribution is -2.27. The number of hydrogen-bond donors (Lipinski definition) is 1. The van der Waals surface area contributed by atoms with Gasteiger partial charge in [-0.25, -0.2) is 0 Å². The van der Waals surface area contributed by atoms with Crippen molar-refractivity contribution in [2.75, 3.05) is 29.2 Å². The molecular weight excluding hydrogens is 378 g/mol. The third-order valence-corrected chi connectivity index (χ3v) is 5.25. The van der Waals surface area contributed by atoms with Gasteiger partial charge in [-0.3, -0.25) is 14.5 Å². The molecule has 27 heavy (non-hydrogen) atoms. The van der Waals surface area contributed by atoms with E-state index in [4.69, 9.17) is 12.2 Å². The van der Waals surface area contributed by atoms with Gasteiger partial charge in [-0.2, -0.15) is 0 Å². The number of hydrogen-bond acceptors (Lipinski definition) is 5. The van der Waals surface area contributed by atoms with Crippen LogP contribution in [0.5, 0.6) is 0 Å². The Labute approximate surface area is 168 Å². The lowest BCUT2D eigenvalue weighted by molar-refractivity contribution is -0.114. The number of nitrogens with zero attached hydrogens (tertiary/aromatic N) is 2. The second-order valence-corrected chi connectivity index (χ2v) is 7.91. The third-order valence-electron chi connectivity index (χ3n) is 3.95. The summed E-state index contributed by atoms with van der Waals surface area (Å²) in [4.78, 5) is 28.1. The lowest BCUT2D eigenvalue weighted by atomic mass is 10.2. The molecule has 1 fully saturated rings. The van der Waals surface area contributed by atoms with Gasteiger partial charge in [0.15, 0.2) is 4.32 Å². The Morgan fingerprint density at radius 2 is 1.74 bits per heavy atom. The maximum absolute atomic E-state index is 12.8.